The normalized spacial score (nSPS) is 10.5. The van der Waals surface area contributed by atoms with Crippen LogP contribution in [0.5, 0.6) is 5.75 Å². The summed E-state index contributed by atoms with van der Waals surface area (Å²) in [5.74, 6) is -0.843. The molecule has 3 aromatic rings. The number of furan rings is 1. The van der Waals surface area contributed by atoms with Crippen molar-refractivity contribution in [3.05, 3.63) is 71.4 Å². The molecule has 0 radical (unpaired) electrons. The minimum absolute atomic E-state index is 0.130. The molecule has 28 heavy (non-hydrogen) atoms. The third-order valence-electron chi connectivity index (χ3n) is 3.80. The molecule has 8 nitrogen and oxygen atoms in total. The topological polar surface area (TPSA) is 107 Å². The highest BCUT2D eigenvalue weighted by Gasteiger charge is 2.23. The Hall–Kier alpha value is -3.46. The van der Waals surface area contributed by atoms with Crippen LogP contribution in [-0.4, -0.2) is 33.9 Å². The number of carboxylic acid groups (broad SMARTS) is 1. The van der Waals surface area contributed by atoms with Gasteiger partial charge in [-0.25, -0.2) is 9.48 Å². The van der Waals surface area contributed by atoms with Gasteiger partial charge in [-0.1, -0.05) is 18.3 Å². The van der Waals surface area contributed by atoms with E-state index in [2.05, 4.69) is 17.0 Å². The predicted octanol–water partition coefficient (Wildman–Crippen LogP) is 3.47. The van der Waals surface area contributed by atoms with E-state index in [0.29, 0.717) is 22.0 Å². The Balaban J connectivity index is 1.87. The second kappa shape index (κ2) is 8.05. The first-order valence-electron chi connectivity index (χ1n) is 8.09. The third kappa shape index (κ3) is 3.94. The number of benzene rings is 1. The van der Waals surface area contributed by atoms with Crippen molar-refractivity contribution in [3.8, 4) is 11.4 Å². The molecular weight excluding hydrogens is 382 g/mol. The third-order valence-corrected chi connectivity index (χ3v) is 4.85. The zero-order chi connectivity index (χ0) is 20.3. The summed E-state index contributed by atoms with van der Waals surface area (Å²) in [5, 5.41) is 16.6. The molecule has 2 aromatic heterocycles. The van der Waals surface area contributed by atoms with E-state index in [-0.39, 0.29) is 16.5 Å². The van der Waals surface area contributed by atoms with Crippen LogP contribution in [0.25, 0.3) is 5.69 Å². The highest BCUT2D eigenvalue weighted by Crippen LogP contribution is 2.32. The summed E-state index contributed by atoms with van der Waals surface area (Å²) in [6.07, 6.45) is 1.39. The SMILES string of the molecule is C=C(NC(=O)c1ccco1)Sc1c(C(=O)O)nn(-c2ccc(OC)cc2)c1C. The van der Waals surface area contributed by atoms with Crippen molar-refractivity contribution in [2.24, 2.45) is 0 Å². The summed E-state index contributed by atoms with van der Waals surface area (Å²) >= 11 is 1.02. The fourth-order valence-electron chi connectivity index (χ4n) is 2.47. The molecule has 1 aromatic carbocycles. The lowest BCUT2D eigenvalue weighted by Gasteiger charge is -2.08. The van der Waals surface area contributed by atoms with Gasteiger partial charge < -0.3 is 19.6 Å². The van der Waals surface area contributed by atoms with Crippen LogP contribution in [0.1, 0.15) is 26.7 Å². The zero-order valence-corrected chi connectivity index (χ0v) is 15.9. The van der Waals surface area contributed by atoms with Gasteiger partial charge in [0.05, 0.1) is 34.7 Å². The maximum absolute atomic E-state index is 12.1. The summed E-state index contributed by atoms with van der Waals surface area (Å²) in [6, 6.07) is 10.2. The smallest absolute Gasteiger partial charge is 0.357 e. The fraction of sp³-hybridized carbons (Fsp3) is 0.105. The number of hydrogen-bond donors (Lipinski definition) is 2. The van der Waals surface area contributed by atoms with Crippen molar-refractivity contribution in [1.29, 1.82) is 0 Å². The molecule has 3 rings (SSSR count). The van der Waals surface area contributed by atoms with E-state index < -0.39 is 11.9 Å². The van der Waals surface area contributed by atoms with Gasteiger partial charge in [-0.05, 0) is 43.3 Å². The summed E-state index contributed by atoms with van der Waals surface area (Å²) < 4.78 is 11.7. The number of carbonyl (C=O) groups excluding carboxylic acids is 1. The largest absolute Gasteiger partial charge is 0.497 e. The van der Waals surface area contributed by atoms with Crippen LogP contribution in [0.3, 0.4) is 0 Å². The van der Waals surface area contributed by atoms with E-state index >= 15 is 0 Å². The molecule has 2 heterocycles. The molecule has 0 saturated carbocycles. The van der Waals surface area contributed by atoms with Gasteiger partial charge in [0.15, 0.2) is 11.5 Å². The Morgan fingerprint density at radius 2 is 2.00 bits per heavy atom. The predicted molar refractivity (Wildman–Crippen MR) is 103 cm³/mol. The number of carboxylic acids is 1. The summed E-state index contributed by atoms with van der Waals surface area (Å²) in [6.45, 7) is 5.53. The monoisotopic (exact) mass is 399 g/mol. The zero-order valence-electron chi connectivity index (χ0n) is 15.1. The number of rotatable bonds is 7. The highest BCUT2D eigenvalue weighted by molar-refractivity contribution is 8.03. The number of nitrogens with one attached hydrogen (secondary N) is 1. The molecule has 0 aliphatic carbocycles. The standard InChI is InChI=1S/C19H17N3O5S/c1-11-17(28-12(2)20-18(23)15-5-4-10-27-15)16(19(24)25)21-22(11)13-6-8-14(26-3)9-7-13/h4-10H,2H2,1,3H3,(H,20,23)(H,24,25). The second-order valence-electron chi connectivity index (χ2n) is 5.63. The highest BCUT2D eigenvalue weighted by atomic mass is 32.2. The van der Waals surface area contributed by atoms with Crippen molar-refractivity contribution in [2.75, 3.05) is 7.11 Å². The van der Waals surface area contributed by atoms with Gasteiger partial charge in [-0.2, -0.15) is 5.10 Å². The number of ether oxygens (including phenoxy) is 1. The number of methoxy groups -OCH3 is 1. The molecule has 1 amide bonds. The number of thioether (sulfide) groups is 1. The lowest BCUT2D eigenvalue weighted by molar-refractivity contribution is 0.0686. The van der Waals surface area contributed by atoms with E-state index in [1.54, 1.807) is 44.4 Å². The molecule has 0 aliphatic heterocycles. The fourth-order valence-corrected chi connectivity index (χ4v) is 3.32. The van der Waals surface area contributed by atoms with Gasteiger partial charge in [0, 0.05) is 0 Å². The number of hydrogen-bond acceptors (Lipinski definition) is 6. The molecule has 2 N–H and O–H groups in total. The number of carbonyl (C=O) groups is 2. The summed E-state index contributed by atoms with van der Waals surface area (Å²) in [4.78, 5) is 24.1. The number of aromatic nitrogens is 2. The van der Waals surface area contributed by atoms with E-state index in [4.69, 9.17) is 9.15 Å². The van der Waals surface area contributed by atoms with Gasteiger partial charge >= 0.3 is 5.97 Å². The molecule has 0 bridgehead atoms. The van der Waals surface area contributed by atoms with Crippen LogP contribution in [0.4, 0.5) is 0 Å². The van der Waals surface area contributed by atoms with Gasteiger partial charge in [0.1, 0.15) is 5.75 Å². The van der Waals surface area contributed by atoms with E-state index in [1.807, 2.05) is 0 Å². The Kier molecular flexibility index (Phi) is 5.55. The van der Waals surface area contributed by atoms with Crippen molar-refractivity contribution in [2.45, 2.75) is 11.8 Å². The van der Waals surface area contributed by atoms with Crippen molar-refractivity contribution in [3.63, 3.8) is 0 Å². The van der Waals surface area contributed by atoms with Crippen molar-refractivity contribution in [1.82, 2.24) is 15.1 Å². The molecular formula is C19H17N3O5S. The van der Waals surface area contributed by atoms with Crippen molar-refractivity contribution >= 4 is 23.6 Å². The Labute approximate surface area is 164 Å². The van der Waals surface area contributed by atoms with E-state index in [9.17, 15) is 14.7 Å². The minimum atomic E-state index is -1.18. The van der Waals surface area contributed by atoms with Crippen LogP contribution in [0.15, 0.2) is 63.6 Å². The first-order chi connectivity index (χ1) is 13.4. The maximum atomic E-state index is 12.1. The molecule has 0 aliphatic rings. The average molecular weight is 399 g/mol. The Morgan fingerprint density at radius 1 is 1.29 bits per heavy atom. The first kappa shape index (κ1) is 19.3. The van der Waals surface area contributed by atoms with Gasteiger partial charge in [0.2, 0.25) is 0 Å². The van der Waals surface area contributed by atoms with E-state index in [1.165, 1.54) is 17.0 Å². The van der Waals surface area contributed by atoms with Crippen LogP contribution in [-0.2, 0) is 0 Å². The average Bonchev–Trinajstić information content (AvgIpc) is 3.31. The molecule has 0 fully saturated rings. The molecule has 9 heteroatoms. The van der Waals surface area contributed by atoms with Gasteiger partial charge in [-0.15, -0.1) is 0 Å². The Bertz CT molecular complexity index is 1020. The molecule has 0 atom stereocenters. The van der Waals surface area contributed by atoms with E-state index in [0.717, 1.165) is 11.8 Å². The second-order valence-corrected chi connectivity index (χ2v) is 6.74. The molecule has 0 spiro atoms. The number of amides is 1. The van der Waals surface area contributed by atoms with Crippen LogP contribution in [0.2, 0.25) is 0 Å². The maximum Gasteiger partial charge on any atom is 0.357 e. The number of nitrogens with zero attached hydrogens (tertiary/aromatic N) is 2. The summed E-state index contributed by atoms with van der Waals surface area (Å²) in [5.41, 5.74) is 1.14. The van der Waals surface area contributed by atoms with Gasteiger partial charge in [0.25, 0.3) is 5.91 Å². The van der Waals surface area contributed by atoms with Crippen LogP contribution in [0, 0.1) is 6.92 Å². The summed E-state index contributed by atoms with van der Waals surface area (Å²) in [7, 11) is 1.56. The van der Waals surface area contributed by atoms with Gasteiger partial charge in [-0.3, -0.25) is 4.79 Å². The van der Waals surface area contributed by atoms with Crippen molar-refractivity contribution < 1.29 is 23.8 Å². The first-order valence-corrected chi connectivity index (χ1v) is 8.91. The lowest BCUT2D eigenvalue weighted by atomic mass is 10.3. The molecule has 0 unspecified atom stereocenters. The molecule has 0 saturated heterocycles. The number of aromatic carboxylic acids is 1. The minimum Gasteiger partial charge on any atom is -0.497 e. The van der Waals surface area contributed by atoms with Crippen LogP contribution >= 0.6 is 11.8 Å². The molecule has 144 valence electrons. The Morgan fingerprint density at radius 3 is 2.57 bits per heavy atom. The quantitative estimate of drug-likeness (QED) is 0.586. The van der Waals surface area contributed by atoms with Crippen LogP contribution < -0.4 is 10.1 Å². The lowest BCUT2D eigenvalue weighted by Crippen LogP contribution is -2.20.